The molecule has 0 amide bonds. The molecule has 0 aromatic heterocycles. The van der Waals surface area contributed by atoms with Gasteiger partial charge in [0.2, 0.25) is 0 Å². The van der Waals surface area contributed by atoms with Crippen LogP contribution in [-0.2, 0) is 4.74 Å². The third-order valence-electron chi connectivity index (χ3n) is 0.992. The van der Waals surface area contributed by atoms with Gasteiger partial charge in [0.25, 0.3) is 0 Å². The monoisotopic (exact) mass is 123 g/mol. The normalized spacial score (nSPS) is 16.6. The molecule has 2 heteroatoms. The van der Waals surface area contributed by atoms with Crippen LogP contribution in [0.4, 0.5) is 0 Å². The second-order valence-electron chi connectivity index (χ2n) is 1.77. The lowest BCUT2D eigenvalue weighted by Gasteiger charge is -2.10. The number of hydrogen-bond acceptors (Lipinski definition) is 2. The first-order valence-electron chi connectivity index (χ1n) is 2.76. The van der Waals surface area contributed by atoms with Gasteiger partial charge in [-0.05, 0) is 13.0 Å². The molecular weight excluding hydrogens is 114 g/mol. The predicted octanol–water partition coefficient (Wildman–Crippen LogP) is 1.49. The highest BCUT2D eigenvalue weighted by Gasteiger charge is 1.97. The van der Waals surface area contributed by atoms with Crippen LogP contribution in [0.3, 0.4) is 0 Å². The molecule has 0 radical (unpaired) electrons. The molecule has 2 nitrogen and oxygen atoms in total. The molecular formula is C7H9NO. The fourth-order valence-corrected chi connectivity index (χ4v) is 0.587. The second-order valence-corrected chi connectivity index (χ2v) is 1.77. The Balaban J connectivity index is 2.61. The zero-order valence-electron chi connectivity index (χ0n) is 5.35. The Morgan fingerprint density at radius 1 is 1.67 bits per heavy atom. The summed E-state index contributed by atoms with van der Waals surface area (Å²) in [7, 11) is 0. The van der Waals surface area contributed by atoms with Crippen LogP contribution < -0.4 is 5.32 Å². The molecule has 0 aromatic carbocycles. The number of hydrogen-bond donors (Lipinski definition) is 1. The second kappa shape index (κ2) is 2.40. The SMILES string of the molecule is C=CC1=CNC=C(C)O1. The van der Waals surface area contributed by atoms with Crippen LogP contribution in [0.15, 0.2) is 36.6 Å². The molecule has 0 aromatic rings. The summed E-state index contributed by atoms with van der Waals surface area (Å²) in [4.78, 5) is 0. The van der Waals surface area contributed by atoms with Gasteiger partial charge in [-0.2, -0.15) is 0 Å². The van der Waals surface area contributed by atoms with Crippen LogP contribution in [-0.4, -0.2) is 0 Å². The van der Waals surface area contributed by atoms with Gasteiger partial charge in [0.1, 0.15) is 11.5 Å². The molecule has 1 rings (SSSR count). The topological polar surface area (TPSA) is 21.3 Å². The number of rotatable bonds is 1. The molecule has 1 heterocycles. The highest BCUT2D eigenvalue weighted by molar-refractivity contribution is 5.15. The Morgan fingerprint density at radius 3 is 2.89 bits per heavy atom. The minimum Gasteiger partial charge on any atom is -0.459 e. The summed E-state index contributed by atoms with van der Waals surface area (Å²) in [5, 5.41) is 2.92. The van der Waals surface area contributed by atoms with E-state index in [1.165, 1.54) is 0 Å². The summed E-state index contributed by atoms with van der Waals surface area (Å²) >= 11 is 0. The first-order valence-corrected chi connectivity index (χ1v) is 2.76. The van der Waals surface area contributed by atoms with E-state index in [2.05, 4.69) is 11.9 Å². The quantitative estimate of drug-likeness (QED) is 0.570. The van der Waals surface area contributed by atoms with Gasteiger partial charge in [-0.25, -0.2) is 0 Å². The maximum Gasteiger partial charge on any atom is 0.142 e. The Hall–Kier alpha value is -1.18. The van der Waals surface area contributed by atoms with Gasteiger partial charge in [0.15, 0.2) is 0 Å². The van der Waals surface area contributed by atoms with E-state index in [0.717, 1.165) is 11.5 Å². The Bertz CT molecular complexity index is 179. The van der Waals surface area contributed by atoms with E-state index >= 15 is 0 Å². The van der Waals surface area contributed by atoms with Crippen LogP contribution >= 0.6 is 0 Å². The van der Waals surface area contributed by atoms with Crippen LogP contribution in [0.25, 0.3) is 0 Å². The molecule has 0 saturated carbocycles. The summed E-state index contributed by atoms with van der Waals surface area (Å²) in [5.41, 5.74) is 0. The summed E-state index contributed by atoms with van der Waals surface area (Å²) in [6.07, 6.45) is 5.19. The third kappa shape index (κ3) is 1.35. The van der Waals surface area contributed by atoms with Crippen LogP contribution in [0, 0.1) is 0 Å². The summed E-state index contributed by atoms with van der Waals surface area (Å²) < 4.78 is 5.18. The van der Waals surface area contributed by atoms with Crippen LogP contribution in [0.2, 0.25) is 0 Å². The summed E-state index contributed by atoms with van der Waals surface area (Å²) in [6, 6.07) is 0. The van der Waals surface area contributed by atoms with E-state index in [4.69, 9.17) is 4.74 Å². The highest BCUT2D eigenvalue weighted by Crippen LogP contribution is 2.08. The van der Waals surface area contributed by atoms with E-state index < -0.39 is 0 Å². The summed E-state index contributed by atoms with van der Waals surface area (Å²) in [5.74, 6) is 1.61. The standard InChI is InChI=1S/C7H9NO/c1-3-7-5-8-4-6(2)9-7/h3-5,8H,1H2,2H3. The molecule has 0 unspecified atom stereocenters. The molecule has 1 aliphatic rings. The van der Waals surface area contributed by atoms with Gasteiger partial charge in [-0.1, -0.05) is 6.58 Å². The lowest BCUT2D eigenvalue weighted by Crippen LogP contribution is -2.05. The van der Waals surface area contributed by atoms with E-state index in [-0.39, 0.29) is 0 Å². The molecule has 48 valence electrons. The van der Waals surface area contributed by atoms with Crippen molar-refractivity contribution in [2.75, 3.05) is 0 Å². The van der Waals surface area contributed by atoms with Crippen molar-refractivity contribution in [3.63, 3.8) is 0 Å². The first kappa shape index (κ1) is 5.95. The fraction of sp³-hybridized carbons (Fsp3) is 0.143. The molecule has 0 saturated heterocycles. The van der Waals surface area contributed by atoms with Crippen LogP contribution in [0.1, 0.15) is 6.92 Å². The average molecular weight is 123 g/mol. The average Bonchev–Trinajstić information content (AvgIpc) is 1.88. The third-order valence-corrected chi connectivity index (χ3v) is 0.992. The van der Waals surface area contributed by atoms with E-state index in [1.54, 1.807) is 18.5 Å². The van der Waals surface area contributed by atoms with E-state index in [1.807, 2.05) is 6.92 Å². The Morgan fingerprint density at radius 2 is 2.44 bits per heavy atom. The van der Waals surface area contributed by atoms with Crippen molar-refractivity contribution < 1.29 is 4.74 Å². The van der Waals surface area contributed by atoms with Crippen molar-refractivity contribution in [2.24, 2.45) is 0 Å². The molecule has 0 atom stereocenters. The van der Waals surface area contributed by atoms with Gasteiger partial charge in [-0.15, -0.1) is 0 Å². The molecule has 0 bridgehead atoms. The Kier molecular flexibility index (Phi) is 1.58. The predicted molar refractivity (Wildman–Crippen MR) is 36.3 cm³/mol. The van der Waals surface area contributed by atoms with Crippen molar-refractivity contribution in [1.29, 1.82) is 0 Å². The number of ether oxygens (including phenoxy) is 1. The molecule has 0 aliphatic carbocycles. The molecule has 0 fully saturated rings. The van der Waals surface area contributed by atoms with Gasteiger partial charge in [0, 0.05) is 12.4 Å². The fourth-order valence-electron chi connectivity index (χ4n) is 0.587. The summed E-state index contributed by atoms with van der Waals surface area (Å²) in [6.45, 7) is 5.44. The minimum absolute atomic E-state index is 0.759. The minimum atomic E-state index is 0.759. The van der Waals surface area contributed by atoms with Gasteiger partial charge >= 0.3 is 0 Å². The maximum absolute atomic E-state index is 5.18. The van der Waals surface area contributed by atoms with E-state index in [9.17, 15) is 0 Å². The van der Waals surface area contributed by atoms with Crippen molar-refractivity contribution >= 4 is 0 Å². The van der Waals surface area contributed by atoms with Gasteiger partial charge in [-0.3, -0.25) is 0 Å². The van der Waals surface area contributed by atoms with Gasteiger partial charge in [0.05, 0.1) is 0 Å². The smallest absolute Gasteiger partial charge is 0.142 e. The Labute approximate surface area is 54.5 Å². The maximum atomic E-state index is 5.18. The first-order chi connectivity index (χ1) is 4.33. The lowest BCUT2D eigenvalue weighted by molar-refractivity contribution is 0.309. The molecule has 1 aliphatic heterocycles. The van der Waals surface area contributed by atoms with Crippen molar-refractivity contribution in [3.8, 4) is 0 Å². The largest absolute Gasteiger partial charge is 0.459 e. The molecule has 1 N–H and O–H groups in total. The molecule has 0 spiro atoms. The number of nitrogens with one attached hydrogen (secondary N) is 1. The van der Waals surface area contributed by atoms with Gasteiger partial charge < -0.3 is 10.1 Å². The number of allylic oxidation sites excluding steroid dienone is 2. The van der Waals surface area contributed by atoms with Crippen LogP contribution in [0.5, 0.6) is 0 Å². The van der Waals surface area contributed by atoms with E-state index in [0.29, 0.717) is 0 Å². The lowest BCUT2D eigenvalue weighted by atomic mass is 10.4. The zero-order valence-corrected chi connectivity index (χ0v) is 5.35. The van der Waals surface area contributed by atoms with Crippen molar-refractivity contribution in [3.05, 3.63) is 36.6 Å². The van der Waals surface area contributed by atoms with Crippen molar-refractivity contribution in [1.82, 2.24) is 5.32 Å². The zero-order chi connectivity index (χ0) is 6.69. The van der Waals surface area contributed by atoms with Crippen molar-refractivity contribution in [2.45, 2.75) is 6.92 Å². The molecule has 9 heavy (non-hydrogen) atoms. The highest BCUT2D eigenvalue weighted by atomic mass is 16.5.